The van der Waals surface area contributed by atoms with E-state index in [0.717, 1.165) is 36.5 Å². The van der Waals surface area contributed by atoms with Gasteiger partial charge in [-0.1, -0.05) is 65.5 Å². The SMILES string of the molecule is C=C/C=C(\C=C)C(=O)N[C@@H]1CC[C@@]2(C)C(CCC3C(C)[C@@](C)(CC)CCC32)C1.[HH]. The third-order valence-electron chi connectivity index (χ3n) is 9.44. The van der Waals surface area contributed by atoms with Gasteiger partial charge >= 0.3 is 0 Å². The Bertz CT molecular complexity index is 655. The van der Waals surface area contributed by atoms with Crippen LogP contribution in [0.3, 0.4) is 0 Å². The molecule has 1 amide bonds. The van der Waals surface area contributed by atoms with Crippen LogP contribution in [0.5, 0.6) is 0 Å². The largest absolute Gasteiger partial charge is 0.349 e. The van der Waals surface area contributed by atoms with Crippen molar-refractivity contribution in [3.63, 3.8) is 0 Å². The number of amides is 1. The van der Waals surface area contributed by atoms with Crippen LogP contribution < -0.4 is 5.32 Å². The van der Waals surface area contributed by atoms with Crippen molar-refractivity contribution in [1.82, 2.24) is 5.32 Å². The van der Waals surface area contributed by atoms with E-state index in [-0.39, 0.29) is 7.33 Å². The van der Waals surface area contributed by atoms with Crippen LogP contribution in [0.1, 0.15) is 80.5 Å². The molecule has 7 atom stereocenters. The molecule has 0 heterocycles. The normalized spacial score (nSPS) is 43.4. The highest BCUT2D eigenvalue weighted by Crippen LogP contribution is 2.63. The molecule has 1 N–H and O–H groups in total. The van der Waals surface area contributed by atoms with Gasteiger partial charge in [0.05, 0.1) is 0 Å². The second kappa shape index (κ2) is 8.20. The van der Waals surface area contributed by atoms with Crippen molar-refractivity contribution in [2.75, 3.05) is 0 Å². The number of hydrogen-bond donors (Lipinski definition) is 1. The second-order valence-electron chi connectivity index (χ2n) is 10.4. The Labute approximate surface area is 174 Å². The summed E-state index contributed by atoms with van der Waals surface area (Å²) in [4.78, 5) is 12.5. The average molecular weight is 386 g/mol. The zero-order chi connectivity index (χ0) is 20.5. The van der Waals surface area contributed by atoms with Crippen molar-refractivity contribution in [1.29, 1.82) is 0 Å². The zero-order valence-corrected chi connectivity index (χ0v) is 18.6. The molecule has 3 rings (SSSR count). The predicted molar refractivity (Wildman–Crippen MR) is 121 cm³/mol. The maximum Gasteiger partial charge on any atom is 0.251 e. The number of allylic oxidation sites excluding steroid dienone is 2. The molecular formula is C26H43NO. The first kappa shape index (κ1) is 21.4. The summed E-state index contributed by atoms with van der Waals surface area (Å²) in [6.45, 7) is 17.5. The molecule has 4 unspecified atom stereocenters. The van der Waals surface area contributed by atoms with Crippen molar-refractivity contribution in [3.8, 4) is 0 Å². The number of nitrogens with one attached hydrogen (secondary N) is 1. The van der Waals surface area contributed by atoms with Crippen molar-refractivity contribution in [2.24, 2.45) is 34.5 Å². The Hall–Kier alpha value is -1.31. The minimum Gasteiger partial charge on any atom is -0.349 e. The van der Waals surface area contributed by atoms with E-state index in [1.165, 1.54) is 38.5 Å². The average Bonchev–Trinajstić information content (AvgIpc) is 2.69. The van der Waals surface area contributed by atoms with Gasteiger partial charge in [-0.3, -0.25) is 4.79 Å². The minimum atomic E-state index is 0. The standard InChI is InChI=1S/C26H41NO.H2/c1-7-10-19(8-2)24(28)27-21-13-16-26(6)20(17-21)11-12-22-18(4)25(5,9-3)15-14-23(22)26;/h7-8,10,18,20-23H,1-2,9,11-17H2,3-6H3,(H,27,28);1H/b19-10+;/t18?,20?,21-,22?,23?,25+,26+;/m1./s1. The Kier molecular flexibility index (Phi) is 6.27. The van der Waals surface area contributed by atoms with E-state index in [0.29, 0.717) is 22.4 Å². The molecule has 0 aromatic rings. The Balaban J connectivity index is 0.00000300. The third-order valence-corrected chi connectivity index (χ3v) is 9.44. The molecule has 3 aliphatic carbocycles. The molecule has 0 aromatic heterocycles. The maximum atomic E-state index is 12.5. The molecule has 2 nitrogen and oxygen atoms in total. The number of rotatable bonds is 5. The van der Waals surface area contributed by atoms with E-state index in [1.54, 1.807) is 18.2 Å². The molecule has 28 heavy (non-hydrogen) atoms. The lowest BCUT2D eigenvalue weighted by Gasteiger charge is -2.61. The van der Waals surface area contributed by atoms with Crippen LogP contribution in [-0.4, -0.2) is 11.9 Å². The Morgan fingerprint density at radius 3 is 2.57 bits per heavy atom. The van der Waals surface area contributed by atoms with E-state index in [1.807, 2.05) is 0 Å². The quantitative estimate of drug-likeness (QED) is 0.414. The summed E-state index contributed by atoms with van der Waals surface area (Å²) in [5.74, 6) is 3.37. The molecule has 0 bridgehead atoms. The predicted octanol–water partition coefficient (Wildman–Crippen LogP) is 6.69. The van der Waals surface area contributed by atoms with E-state index >= 15 is 0 Å². The van der Waals surface area contributed by atoms with Crippen LogP contribution in [0.25, 0.3) is 0 Å². The lowest BCUT2D eigenvalue weighted by atomic mass is 9.44. The fourth-order valence-corrected chi connectivity index (χ4v) is 7.07. The maximum absolute atomic E-state index is 12.5. The molecule has 0 spiro atoms. The minimum absolute atomic E-state index is 0. The van der Waals surface area contributed by atoms with Gasteiger partial charge in [-0.25, -0.2) is 0 Å². The Morgan fingerprint density at radius 1 is 1.18 bits per heavy atom. The fourth-order valence-electron chi connectivity index (χ4n) is 7.07. The van der Waals surface area contributed by atoms with E-state index < -0.39 is 0 Å². The molecule has 0 aliphatic heterocycles. The van der Waals surface area contributed by atoms with E-state index in [4.69, 9.17) is 0 Å². The van der Waals surface area contributed by atoms with Crippen molar-refractivity contribution in [3.05, 3.63) is 37.0 Å². The lowest BCUT2D eigenvalue weighted by molar-refractivity contribution is -0.123. The molecule has 3 aliphatic rings. The van der Waals surface area contributed by atoms with Gasteiger partial charge in [-0.05, 0) is 79.4 Å². The first-order valence-corrected chi connectivity index (χ1v) is 11.5. The van der Waals surface area contributed by atoms with Crippen LogP contribution in [0.4, 0.5) is 0 Å². The molecule has 0 saturated heterocycles. The summed E-state index contributed by atoms with van der Waals surface area (Å²) in [7, 11) is 0. The third kappa shape index (κ3) is 3.64. The van der Waals surface area contributed by atoms with Gasteiger partial charge in [0.15, 0.2) is 0 Å². The van der Waals surface area contributed by atoms with Crippen molar-refractivity contribution in [2.45, 2.75) is 85.1 Å². The van der Waals surface area contributed by atoms with Gasteiger partial charge in [0, 0.05) is 13.0 Å². The molecule has 3 saturated carbocycles. The zero-order valence-electron chi connectivity index (χ0n) is 18.6. The summed E-state index contributed by atoms with van der Waals surface area (Å²) >= 11 is 0. The summed E-state index contributed by atoms with van der Waals surface area (Å²) in [5.41, 5.74) is 1.62. The summed E-state index contributed by atoms with van der Waals surface area (Å²) < 4.78 is 0. The second-order valence-corrected chi connectivity index (χ2v) is 10.4. The number of carbonyl (C=O) groups excluding carboxylic acids is 1. The molecule has 158 valence electrons. The first-order chi connectivity index (χ1) is 13.3. The van der Waals surface area contributed by atoms with Gasteiger partial charge in [-0.2, -0.15) is 0 Å². The van der Waals surface area contributed by atoms with Crippen LogP contribution in [0.2, 0.25) is 0 Å². The summed E-state index contributed by atoms with van der Waals surface area (Å²) in [5, 5.41) is 3.28. The lowest BCUT2D eigenvalue weighted by Crippen LogP contribution is -2.55. The monoisotopic (exact) mass is 385 g/mol. The summed E-state index contributed by atoms with van der Waals surface area (Å²) in [6.07, 6.45) is 15.4. The van der Waals surface area contributed by atoms with E-state index in [9.17, 15) is 4.79 Å². The topological polar surface area (TPSA) is 29.1 Å². The first-order valence-electron chi connectivity index (χ1n) is 11.5. The molecule has 2 heteroatoms. The number of hydrogen-bond acceptors (Lipinski definition) is 1. The van der Waals surface area contributed by atoms with Gasteiger partial charge in [0.25, 0.3) is 5.91 Å². The fraction of sp³-hybridized carbons (Fsp3) is 0.731. The van der Waals surface area contributed by atoms with Crippen molar-refractivity contribution >= 4 is 5.91 Å². The van der Waals surface area contributed by atoms with E-state index in [2.05, 4.69) is 46.2 Å². The van der Waals surface area contributed by atoms with Crippen LogP contribution in [-0.2, 0) is 4.79 Å². The van der Waals surface area contributed by atoms with Gasteiger partial charge < -0.3 is 5.32 Å². The van der Waals surface area contributed by atoms with Gasteiger partial charge in [0.1, 0.15) is 0 Å². The van der Waals surface area contributed by atoms with Gasteiger partial charge in [-0.15, -0.1) is 0 Å². The van der Waals surface area contributed by atoms with Crippen LogP contribution in [0, 0.1) is 34.5 Å². The van der Waals surface area contributed by atoms with Crippen molar-refractivity contribution < 1.29 is 6.22 Å². The summed E-state index contributed by atoms with van der Waals surface area (Å²) in [6, 6.07) is 0.303. The van der Waals surface area contributed by atoms with Crippen LogP contribution >= 0.6 is 0 Å². The number of fused-ring (bicyclic) bond motifs is 3. The molecular weight excluding hydrogens is 342 g/mol. The number of carbonyl (C=O) groups is 1. The highest BCUT2D eigenvalue weighted by molar-refractivity contribution is 5.96. The molecule has 0 aromatic carbocycles. The van der Waals surface area contributed by atoms with Crippen LogP contribution in [0.15, 0.2) is 37.0 Å². The Morgan fingerprint density at radius 2 is 1.93 bits per heavy atom. The molecule has 3 fully saturated rings. The molecule has 0 radical (unpaired) electrons. The highest BCUT2D eigenvalue weighted by Gasteiger charge is 2.55. The van der Waals surface area contributed by atoms with Gasteiger partial charge in [0.2, 0.25) is 0 Å². The smallest absolute Gasteiger partial charge is 0.251 e. The highest BCUT2D eigenvalue weighted by atomic mass is 16.1.